The first-order chi connectivity index (χ1) is 10.2. The van der Waals surface area contributed by atoms with Crippen LogP contribution in [0.2, 0.25) is 0 Å². The van der Waals surface area contributed by atoms with Crippen molar-refractivity contribution in [1.29, 1.82) is 0 Å². The molecule has 116 valence electrons. The van der Waals surface area contributed by atoms with E-state index in [2.05, 4.69) is 24.0 Å². The van der Waals surface area contributed by atoms with Crippen molar-refractivity contribution >= 4 is 5.91 Å². The molecule has 0 aromatic heterocycles. The smallest absolute Gasteiger partial charge is 0.253 e. The van der Waals surface area contributed by atoms with Crippen molar-refractivity contribution in [3.8, 4) is 0 Å². The predicted molar refractivity (Wildman–Crippen MR) is 86.5 cm³/mol. The maximum atomic E-state index is 12.5. The van der Waals surface area contributed by atoms with E-state index in [0.29, 0.717) is 0 Å². The van der Waals surface area contributed by atoms with Crippen LogP contribution < -0.4 is 5.73 Å². The van der Waals surface area contributed by atoms with Crippen LogP contribution in [0.1, 0.15) is 35.7 Å². The minimum atomic E-state index is 0.166. The van der Waals surface area contributed by atoms with Gasteiger partial charge in [0.25, 0.3) is 5.91 Å². The molecule has 4 nitrogen and oxygen atoms in total. The molecule has 0 aliphatic carbocycles. The summed E-state index contributed by atoms with van der Waals surface area (Å²) in [6, 6.07) is 8.01. The molecule has 1 aromatic carbocycles. The summed E-state index contributed by atoms with van der Waals surface area (Å²) in [6.45, 7) is 7.61. The lowest BCUT2D eigenvalue weighted by Gasteiger charge is -2.34. The van der Waals surface area contributed by atoms with Gasteiger partial charge in [-0.15, -0.1) is 0 Å². The first kappa shape index (κ1) is 16.0. The van der Waals surface area contributed by atoms with E-state index in [4.69, 9.17) is 5.73 Å². The average molecular weight is 289 g/mol. The number of hydrogen-bond donors (Lipinski definition) is 1. The largest absolute Gasteiger partial charge is 0.336 e. The molecule has 1 aromatic rings. The van der Waals surface area contributed by atoms with Crippen LogP contribution in [-0.2, 0) is 6.42 Å². The zero-order valence-electron chi connectivity index (χ0n) is 13.1. The van der Waals surface area contributed by atoms with E-state index in [1.54, 1.807) is 0 Å². The monoisotopic (exact) mass is 289 g/mol. The number of nitrogens with zero attached hydrogens (tertiary/aromatic N) is 2. The van der Waals surface area contributed by atoms with Crippen LogP contribution in [0.4, 0.5) is 0 Å². The number of nitrogens with two attached hydrogens (primary N) is 1. The molecular formula is C17H27N3O. The van der Waals surface area contributed by atoms with E-state index in [1.807, 2.05) is 17.0 Å². The molecule has 0 spiro atoms. The Morgan fingerprint density at radius 1 is 1.10 bits per heavy atom. The highest BCUT2D eigenvalue weighted by Crippen LogP contribution is 2.11. The molecule has 1 heterocycles. The van der Waals surface area contributed by atoms with E-state index in [1.165, 1.54) is 5.56 Å². The van der Waals surface area contributed by atoms with E-state index >= 15 is 0 Å². The van der Waals surface area contributed by atoms with Gasteiger partial charge in [-0.1, -0.05) is 19.1 Å². The summed E-state index contributed by atoms with van der Waals surface area (Å²) in [5, 5.41) is 0. The minimum Gasteiger partial charge on any atom is -0.336 e. The van der Waals surface area contributed by atoms with Crippen molar-refractivity contribution in [2.24, 2.45) is 5.73 Å². The summed E-state index contributed by atoms with van der Waals surface area (Å²) in [6.07, 6.45) is 3.25. The average Bonchev–Trinajstić information content (AvgIpc) is 2.55. The highest BCUT2D eigenvalue weighted by atomic mass is 16.2. The summed E-state index contributed by atoms with van der Waals surface area (Å²) < 4.78 is 0. The molecule has 1 aliphatic rings. The van der Waals surface area contributed by atoms with Gasteiger partial charge in [0, 0.05) is 31.7 Å². The Labute approximate surface area is 127 Å². The fraction of sp³-hybridized carbons (Fsp3) is 0.588. The number of unbranched alkanes of at least 4 members (excludes halogenated alkanes) is 1. The van der Waals surface area contributed by atoms with Gasteiger partial charge < -0.3 is 10.6 Å². The van der Waals surface area contributed by atoms with Crippen LogP contribution in [0, 0.1) is 0 Å². The SMILES string of the molecule is CCc1ccc(C(=O)N2CCN(CCCCN)CC2)cc1. The third-order valence-electron chi connectivity index (χ3n) is 4.20. The van der Waals surface area contributed by atoms with Gasteiger partial charge in [-0.25, -0.2) is 0 Å². The molecule has 2 rings (SSSR count). The molecule has 0 radical (unpaired) electrons. The van der Waals surface area contributed by atoms with Crippen LogP contribution in [0.5, 0.6) is 0 Å². The number of benzene rings is 1. The topological polar surface area (TPSA) is 49.6 Å². The molecule has 0 bridgehead atoms. The lowest BCUT2D eigenvalue weighted by molar-refractivity contribution is 0.0635. The molecule has 4 heteroatoms. The van der Waals surface area contributed by atoms with Crippen LogP contribution >= 0.6 is 0 Å². The number of carbonyl (C=O) groups is 1. The van der Waals surface area contributed by atoms with Gasteiger partial charge in [-0.05, 0) is 50.0 Å². The number of aryl methyl sites for hydroxylation is 1. The highest BCUT2D eigenvalue weighted by molar-refractivity contribution is 5.94. The van der Waals surface area contributed by atoms with Gasteiger partial charge in [-0.3, -0.25) is 9.69 Å². The van der Waals surface area contributed by atoms with E-state index in [0.717, 1.165) is 64.1 Å². The van der Waals surface area contributed by atoms with Crippen LogP contribution in [0.3, 0.4) is 0 Å². The summed E-state index contributed by atoms with van der Waals surface area (Å²) in [5.41, 5.74) is 7.60. The van der Waals surface area contributed by atoms with E-state index < -0.39 is 0 Å². The first-order valence-electron chi connectivity index (χ1n) is 8.05. The predicted octanol–water partition coefficient (Wildman–Crippen LogP) is 1.75. The Balaban J connectivity index is 1.82. The molecule has 0 saturated carbocycles. The van der Waals surface area contributed by atoms with Crippen LogP contribution in [0.15, 0.2) is 24.3 Å². The molecule has 1 saturated heterocycles. The van der Waals surface area contributed by atoms with Gasteiger partial charge in [-0.2, -0.15) is 0 Å². The Kier molecular flexibility index (Phi) is 6.21. The molecular weight excluding hydrogens is 262 g/mol. The van der Waals surface area contributed by atoms with Crippen molar-refractivity contribution in [3.63, 3.8) is 0 Å². The lowest BCUT2D eigenvalue weighted by atomic mass is 10.1. The molecule has 1 fully saturated rings. The Morgan fingerprint density at radius 3 is 2.33 bits per heavy atom. The maximum absolute atomic E-state index is 12.5. The van der Waals surface area contributed by atoms with Crippen molar-refractivity contribution in [3.05, 3.63) is 35.4 Å². The summed E-state index contributed by atoms with van der Waals surface area (Å²) in [4.78, 5) is 16.9. The van der Waals surface area contributed by atoms with Crippen LogP contribution in [0.25, 0.3) is 0 Å². The number of carbonyl (C=O) groups excluding carboxylic acids is 1. The van der Waals surface area contributed by atoms with Gasteiger partial charge in [0.05, 0.1) is 0 Å². The molecule has 1 aliphatic heterocycles. The number of rotatable bonds is 6. The fourth-order valence-corrected chi connectivity index (χ4v) is 2.72. The maximum Gasteiger partial charge on any atom is 0.253 e. The third-order valence-corrected chi connectivity index (χ3v) is 4.20. The molecule has 21 heavy (non-hydrogen) atoms. The van der Waals surface area contributed by atoms with E-state index in [9.17, 15) is 4.79 Å². The van der Waals surface area contributed by atoms with Gasteiger partial charge in [0.15, 0.2) is 0 Å². The highest BCUT2D eigenvalue weighted by Gasteiger charge is 2.21. The fourth-order valence-electron chi connectivity index (χ4n) is 2.72. The zero-order valence-corrected chi connectivity index (χ0v) is 13.1. The summed E-state index contributed by atoms with van der Waals surface area (Å²) in [7, 11) is 0. The first-order valence-corrected chi connectivity index (χ1v) is 8.05. The molecule has 0 unspecified atom stereocenters. The van der Waals surface area contributed by atoms with Gasteiger partial charge in [0.2, 0.25) is 0 Å². The quantitative estimate of drug-likeness (QED) is 0.812. The normalized spacial score (nSPS) is 16.2. The van der Waals surface area contributed by atoms with E-state index in [-0.39, 0.29) is 5.91 Å². The second kappa shape index (κ2) is 8.15. The van der Waals surface area contributed by atoms with Crippen molar-refractivity contribution in [2.75, 3.05) is 39.3 Å². The van der Waals surface area contributed by atoms with Crippen LogP contribution in [-0.4, -0.2) is 55.0 Å². The second-order valence-corrected chi connectivity index (χ2v) is 5.68. The zero-order chi connectivity index (χ0) is 15.1. The lowest BCUT2D eigenvalue weighted by Crippen LogP contribution is -2.48. The van der Waals surface area contributed by atoms with Gasteiger partial charge in [0.1, 0.15) is 0 Å². The van der Waals surface area contributed by atoms with Gasteiger partial charge >= 0.3 is 0 Å². The number of hydrogen-bond acceptors (Lipinski definition) is 3. The molecule has 0 atom stereocenters. The molecule has 2 N–H and O–H groups in total. The summed E-state index contributed by atoms with van der Waals surface area (Å²) >= 11 is 0. The second-order valence-electron chi connectivity index (χ2n) is 5.68. The van der Waals surface area contributed by atoms with Crippen molar-refractivity contribution < 1.29 is 4.79 Å². The Morgan fingerprint density at radius 2 is 1.76 bits per heavy atom. The Bertz CT molecular complexity index is 436. The minimum absolute atomic E-state index is 0.166. The van der Waals surface area contributed by atoms with Crippen molar-refractivity contribution in [1.82, 2.24) is 9.80 Å². The standard InChI is InChI=1S/C17H27N3O/c1-2-15-5-7-16(8-6-15)17(21)20-13-11-19(12-14-20)10-4-3-9-18/h5-8H,2-4,9-14,18H2,1H3. The summed E-state index contributed by atoms with van der Waals surface area (Å²) in [5.74, 6) is 0.166. The third kappa shape index (κ3) is 4.55. The Hall–Kier alpha value is -1.39. The van der Waals surface area contributed by atoms with Crippen molar-refractivity contribution in [2.45, 2.75) is 26.2 Å². The number of piperazine rings is 1. The molecule has 1 amide bonds. The number of amides is 1.